The molecule has 0 radical (unpaired) electrons. The van der Waals surface area contributed by atoms with Gasteiger partial charge in [-0.05, 0) is 25.7 Å². The minimum Gasteiger partial charge on any atom is -0.374 e. The minimum absolute atomic E-state index is 0.180. The molecule has 0 aromatic carbocycles. The van der Waals surface area contributed by atoms with E-state index in [0.717, 1.165) is 10.7 Å². The molecule has 3 nitrogen and oxygen atoms in total. The lowest BCUT2D eigenvalue weighted by molar-refractivity contribution is 0.0352. The molecule has 2 rings (SSSR count). The van der Waals surface area contributed by atoms with Crippen LogP contribution in [-0.2, 0) is 11.3 Å². The highest BCUT2D eigenvalue weighted by molar-refractivity contribution is 7.11. The Kier molecular flexibility index (Phi) is 4.54. The van der Waals surface area contributed by atoms with Gasteiger partial charge in [0.05, 0.1) is 5.69 Å². The molecule has 1 aliphatic carbocycles. The monoisotopic (exact) mass is 254 g/mol. The maximum atomic E-state index is 5.71. The first-order valence-electron chi connectivity index (χ1n) is 6.45. The van der Waals surface area contributed by atoms with E-state index in [-0.39, 0.29) is 6.10 Å². The standard InChI is InChI=1S/C13H22N2OS/c1-9-11(8-14)17-13(15-9)12(16-2)10-6-4-3-5-7-10/h10,12H,3-8,14H2,1-2H3. The number of thiazole rings is 1. The zero-order valence-corrected chi connectivity index (χ0v) is 11.6. The van der Waals surface area contributed by atoms with E-state index in [1.165, 1.54) is 37.0 Å². The van der Waals surface area contributed by atoms with E-state index < -0.39 is 0 Å². The van der Waals surface area contributed by atoms with Crippen molar-refractivity contribution in [2.45, 2.75) is 51.7 Å². The second-order valence-corrected chi connectivity index (χ2v) is 5.93. The average Bonchev–Trinajstić information content (AvgIpc) is 2.73. The van der Waals surface area contributed by atoms with Crippen molar-refractivity contribution < 1.29 is 4.74 Å². The summed E-state index contributed by atoms with van der Waals surface area (Å²) < 4.78 is 5.70. The Balaban J connectivity index is 2.15. The van der Waals surface area contributed by atoms with Gasteiger partial charge in [-0.25, -0.2) is 4.98 Å². The Hall–Kier alpha value is -0.450. The van der Waals surface area contributed by atoms with E-state index >= 15 is 0 Å². The van der Waals surface area contributed by atoms with Gasteiger partial charge in [0.2, 0.25) is 0 Å². The summed E-state index contributed by atoms with van der Waals surface area (Å²) >= 11 is 1.72. The molecule has 1 saturated carbocycles. The number of nitrogens with two attached hydrogens (primary N) is 1. The van der Waals surface area contributed by atoms with Crippen molar-refractivity contribution in [3.05, 3.63) is 15.6 Å². The maximum absolute atomic E-state index is 5.71. The number of ether oxygens (including phenoxy) is 1. The van der Waals surface area contributed by atoms with Crippen LogP contribution in [0.4, 0.5) is 0 Å². The van der Waals surface area contributed by atoms with Crippen molar-refractivity contribution in [3.63, 3.8) is 0 Å². The molecule has 4 heteroatoms. The lowest BCUT2D eigenvalue weighted by atomic mass is 9.85. The summed E-state index contributed by atoms with van der Waals surface area (Å²) in [4.78, 5) is 5.83. The van der Waals surface area contributed by atoms with Gasteiger partial charge in [0.1, 0.15) is 11.1 Å². The van der Waals surface area contributed by atoms with E-state index in [2.05, 4.69) is 4.98 Å². The summed E-state index contributed by atoms with van der Waals surface area (Å²) in [5.74, 6) is 0.643. The first-order valence-corrected chi connectivity index (χ1v) is 7.27. The Morgan fingerprint density at radius 3 is 2.65 bits per heavy atom. The Morgan fingerprint density at radius 2 is 2.12 bits per heavy atom. The molecule has 0 aliphatic heterocycles. The predicted molar refractivity (Wildman–Crippen MR) is 71.1 cm³/mol. The SMILES string of the molecule is COC(c1nc(C)c(CN)s1)C1CCCCC1. The van der Waals surface area contributed by atoms with Gasteiger partial charge in [0.15, 0.2) is 0 Å². The van der Waals surface area contributed by atoms with Crippen molar-refractivity contribution in [2.75, 3.05) is 7.11 Å². The van der Waals surface area contributed by atoms with Crippen LogP contribution in [0, 0.1) is 12.8 Å². The van der Waals surface area contributed by atoms with Crippen LogP contribution in [0.1, 0.15) is 53.8 Å². The van der Waals surface area contributed by atoms with Gasteiger partial charge in [-0.15, -0.1) is 11.3 Å². The summed E-state index contributed by atoms with van der Waals surface area (Å²) in [7, 11) is 1.80. The number of hydrogen-bond donors (Lipinski definition) is 1. The van der Waals surface area contributed by atoms with Gasteiger partial charge in [-0.1, -0.05) is 19.3 Å². The molecule has 1 fully saturated rings. The van der Waals surface area contributed by atoms with Crippen LogP contribution >= 0.6 is 11.3 Å². The van der Waals surface area contributed by atoms with Crippen LogP contribution in [0.3, 0.4) is 0 Å². The topological polar surface area (TPSA) is 48.1 Å². The third-order valence-corrected chi connectivity index (χ3v) is 4.91. The normalized spacial score (nSPS) is 19.5. The summed E-state index contributed by atoms with van der Waals surface area (Å²) in [5.41, 5.74) is 6.79. The van der Waals surface area contributed by atoms with Crippen molar-refractivity contribution in [1.29, 1.82) is 0 Å². The van der Waals surface area contributed by atoms with Crippen LogP contribution in [0.15, 0.2) is 0 Å². The molecule has 1 aliphatic rings. The Bertz CT molecular complexity index is 358. The van der Waals surface area contributed by atoms with Crippen LogP contribution < -0.4 is 5.73 Å². The summed E-state index contributed by atoms with van der Waals surface area (Å²) in [5, 5.41) is 1.12. The third kappa shape index (κ3) is 2.87. The highest BCUT2D eigenvalue weighted by Gasteiger charge is 2.27. The first-order chi connectivity index (χ1) is 8.26. The molecule has 1 atom stereocenters. The molecule has 96 valence electrons. The smallest absolute Gasteiger partial charge is 0.122 e. The summed E-state index contributed by atoms with van der Waals surface area (Å²) in [6.45, 7) is 2.63. The van der Waals surface area contributed by atoms with Gasteiger partial charge in [0, 0.05) is 18.5 Å². The molecule has 1 heterocycles. The number of methoxy groups -OCH3 is 1. The van der Waals surface area contributed by atoms with E-state index in [1.807, 2.05) is 6.92 Å². The Labute approximate surface area is 107 Å². The molecule has 0 spiro atoms. The molecule has 0 bridgehead atoms. The van der Waals surface area contributed by atoms with Crippen LogP contribution in [0.2, 0.25) is 0 Å². The van der Waals surface area contributed by atoms with E-state index in [4.69, 9.17) is 10.5 Å². The van der Waals surface area contributed by atoms with Crippen LogP contribution in [-0.4, -0.2) is 12.1 Å². The molecule has 17 heavy (non-hydrogen) atoms. The van der Waals surface area contributed by atoms with Crippen molar-refractivity contribution in [2.24, 2.45) is 11.7 Å². The maximum Gasteiger partial charge on any atom is 0.122 e. The minimum atomic E-state index is 0.180. The van der Waals surface area contributed by atoms with Gasteiger partial charge < -0.3 is 10.5 Å². The van der Waals surface area contributed by atoms with E-state index in [0.29, 0.717) is 12.5 Å². The first kappa shape index (κ1) is 13.0. The summed E-state index contributed by atoms with van der Waals surface area (Å²) in [6, 6.07) is 0. The third-order valence-electron chi connectivity index (χ3n) is 3.67. The largest absolute Gasteiger partial charge is 0.374 e. The van der Waals surface area contributed by atoms with Crippen molar-refractivity contribution in [3.8, 4) is 0 Å². The zero-order chi connectivity index (χ0) is 12.3. The van der Waals surface area contributed by atoms with Crippen LogP contribution in [0.5, 0.6) is 0 Å². The molecule has 1 aromatic rings. The number of nitrogens with zero attached hydrogens (tertiary/aromatic N) is 1. The predicted octanol–water partition coefficient (Wildman–Crippen LogP) is 3.18. The molecule has 0 amide bonds. The lowest BCUT2D eigenvalue weighted by Gasteiger charge is -2.27. The van der Waals surface area contributed by atoms with Crippen molar-refractivity contribution >= 4 is 11.3 Å². The fourth-order valence-electron chi connectivity index (χ4n) is 2.69. The number of aromatic nitrogens is 1. The average molecular weight is 254 g/mol. The van der Waals surface area contributed by atoms with Crippen LogP contribution in [0.25, 0.3) is 0 Å². The second-order valence-electron chi connectivity index (χ2n) is 4.82. The summed E-state index contributed by atoms with van der Waals surface area (Å²) in [6.07, 6.45) is 6.76. The molecule has 1 aromatic heterocycles. The highest BCUT2D eigenvalue weighted by atomic mass is 32.1. The Morgan fingerprint density at radius 1 is 1.41 bits per heavy atom. The van der Waals surface area contributed by atoms with E-state index in [9.17, 15) is 0 Å². The highest BCUT2D eigenvalue weighted by Crippen LogP contribution is 2.38. The fraction of sp³-hybridized carbons (Fsp3) is 0.769. The molecular formula is C13H22N2OS. The molecule has 2 N–H and O–H groups in total. The lowest BCUT2D eigenvalue weighted by Crippen LogP contribution is -2.17. The quantitative estimate of drug-likeness (QED) is 0.897. The van der Waals surface area contributed by atoms with Gasteiger partial charge >= 0.3 is 0 Å². The molecule has 0 saturated heterocycles. The van der Waals surface area contributed by atoms with Gasteiger partial charge in [0.25, 0.3) is 0 Å². The molecule has 1 unspecified atom stereocenters. The number of rotatable bonds is 4. The number of hydrogen-bond acceptors (Lipinski definition) is 4. The zero-order valence-electron chi connectivity index (χ0n) is 10.7. The van der Waals surface area contributed by atoms with Gasteiger partial charge in [-0.2, -0.15) is 0 Å². The van der Waals surface area contributed by atoms with E-state index in [1.54, 1.807) is 18.4 Å². The second kappa shape index (κ2) is 5.94. The van der Waals surface area contributed by atoms with Crippen molar-refractivity contribution in [1.82, 2.24) is 4.98 Å². The number of aryl methyl sites for hydroxylation is 1. The molecular weight excluding hydrogens is 232 g/mol. The van der Waals surface area contributed by atoms with Gasteiger partial charge in [-0.3, -0.25) is 0 Å². The fourth-order valence-corrected chi connectivity index (χ4v) is 3.81.